The maximum Gasteiger partial charge on any atom is 0.416 e. The van der Waals surface area contributed by atoms with Crippen LogP contribution in [0.5, 0.6) is 5.75 Å². The molecule has 0 saturated carbocycles. The van der Waals surface area contributed by atoms with Gasteiger partial charge in [0.2, 0.25) is 5.91 Å². The average Bonchev–Trinajstić information content (AvgIpc) is 3.73. The highest BCUT2D eigenvalue weighted by Crippen LogP contribution is 2.40. The largest absolute Gasteiger partial charge is 0.497 e. The number of thioether (sulfide) groups is 1. The Morgan fingerprint density at radius 1 is 1.09 bits per heavy atom. The van der Waals surface area contributed by atoms with Crippen molar-refractivity contribution in [3.05, 3.63) is 81.5 Å². The van der Waals surface area contributed by atoms with Gasteiger partial charge < -0.3 is 20.1 Å². The summed E-state index contributed by atoms with van der Waals surface area (Å²) < 4.78 is 52.4. The van der Waals surface area contributed by atoms with Crippen molar-refractivity contribution in [1.29, 1.82) is 0 Å². The number of alkyl halides is 3. The molecule has 45 heavy (non-hydrogen) atoms. The SMILES string of the molecule is CCOC(=O)c1c(NC(=O)CSc2nnc(CNC(=O)c3ccc(OC)cc3)n2-c2cccc(C(F)(F)F)c2)sc2c1CCC2. The van der Waals surface area contributed by atoms with E-state index in [4.69, 9.17) is 9.47 Å². The number of ether oxygens (including phenoxy) is 2. The van der Waals surface area contributed by atoms with E-state index in [9.17, 15) is 27.6 Å². The highest BCUT2D eigenvalue weighted by molar-refractivity contribution is 7.99. The first-order chi connectivity index (χ1) is 21.6. The number of anilines is 1. The Kier molecular flexibility index (Phi) is 9.77. The second-order valence-corrected chi connectivity index (χ2v) is 11.9. The van der Waals surface area contributed by atoms with Crippen LogP contribution in [0.25, 0.3) is 5.69 Å². The number of methoxy groups -OCH3 is 1. The highest BCUT2D eigenvalue weighted by Gasteiger charge is 2.31. The maximum atomic E-state index is 13.6. The quantitative estimate of drug-likeness (QED) is 0.156. The monoisotopic (exact) mass is 659 g/mol. The highest BCUT2D eigenvalue weighted by atomic mass is 32.2. The average molecular weight is 660 g/mol. The Labute approximate surface area is 264 Å². The molecule has 2 aromatic carbocycles. The Balaban J connectivity index is 1.36. The van der Waals surface area contributed by atoms with Crippen LogP contribution in [0.3, 0.4) is 0 Å². The zero-order valence-corrected chi connectivity index (χ0v) is 25.8. The van der Waals surface area contributed by atoms with Crippen LogP contribution in [-0.2, 0) is 35.1 Å². The van der Waals surface area contributed by atoms with Gasteiger partial charge in [-0.25, -0.2) is 4.79 Å². The molecule has 1 aliphatic rings. The van der Waals surface area contributed by atoms with Gasteiger partial charge >= 0.3 is 12.1 Å². The molecule has 15 heteroatoms. The van der Waals surface area contributed by atoms with Crippen molar-refractivity contribution in [3.63, 3.8) is 0 Å². The lowest BCUT2D eigenvalue weighted by atomic mass is 10.1. The standard InChI is InChI=1S/C30H28F3N5O5S2/c1-3-43-28(41)25-21-8-5-9-22(21)45-27(25)35-24(39)16-44-29-37-36-23(15-34-26(40)17-10-12-20(42-2)13-11-17)38(29)19-7-4-6-18(14-19)30(31,32)33/h4,6-7,10-14H,3,5,8-9,15-16H2,1-2H3,(H,34,40)(H,35,39). The lowest BCUT2D eigenvalue weighted by Gasteiger charge is -2.14. The Morgan fingerprint density at radius 3 is 2.58 bits per heavy atom. The van der Waals surface area contributed by atoms with Gasteiger partial charge in [-0.1, -0.05) is 17.8 Å². The molecule has 4 aromatic rings. The summed E-state index contributed by atoms with van der Waals surface area (Å²) >= 11 is 2.29. The molecule has 2 heterocycles. The number of aromatic nitrogens is 3. The molecule has 2 amide bonds. The number of thiophene rings is 1. The molecule has 236 valence electrons. The van der Waals surface area contributed by atoms with Gasteiger partial charge in [0.05, 0.1) is 42.8 Å². The smallest absolute Gasteiger partial charge is 0.416 e. The molecule has 5 rings (SSSR count). The summed E-state index contributed by atoms with van der Waals surface area (Å²) in [6.45, 7) is 1.74. The summed E-state index contributed by atoms with van der Waals surface area (Å²) in [5, 5.41) is 14.3. The topological polar surface area (TPSA) is 124 Å². The number of fused-ring (bicyclic) bond motifs is 1. The number of rotatable bonds is 11. The molecule has 1 aliphatic carbocycles. The molecule has 0 saturated heterocycles. The number of hydrogen-bond acceptors (Lipinski definition) is 9. The molecule has 0 unspecified atom stereocenters. The summed E-state index contributed by atoms with van der Waals surface area (Å²) in [7, 11) is 1.50. The van der Waals surface area contributed by atoms with Crippen LogP contribution >= 0.6 is 23.1 Å². The summed E-state index contributed by atoms with van der Waals surface area (Å²) in [4.78, 5) is 39.5. The minimum atomic E-state index is -4.60. The van der Waals surface area contributed by atoms with Crippen LogP contribution < -0.4 is 15.4 Å². The van der Waals surface area contributed by atoms with E-state index in [-0.39, 0.29) is 35.6 Å². The maximum absolute atomic E-state index is 13.6. The number of carbonyl (C=O) groups excluding carboxylic acids is 3. The van der Waals surface area contributed by atoms with Gasteiger partial charge in [-0.3, -0.25) is 14.2 Å². The lowest BCUT2D eigenvalue weighted by molar-refractivity contribution is -0.137. The van der Waals surface area contributed by atoms with E-state index < -0.39 is 29.5 Å². The lowest BCUT2D eigenvalue weighted by Crippen LogP contribution is -2.24. The molecule has 0 spiro atoms. The van der Waals surface area contributed by atoms with Crippen LogP contribution in [0.1, 0.15) is 55.9 Å². The van der Waals surface area contributed by atoms with Crippen molar-refractivity contribution < 1.29 is 37.0 Å². The van der Waals surface area contributed by atoms with Crippen LogP contribution in [0, 0.1) is 0 Å². The van der Waals surface area contributed by atoms with Crippen LogP contribution in [0.4, 0.5) is 18.2 Å². The zero-order valence-electron chi connectivity index (χ0n) is 24.2. The third-order valence-electron chi connectivity index (χ3n) is 6.88. The van der Waals surface area contributed by atoms with Crippen molar-refractivity contribution in [2.24, 2.45) is 0 Å². The number of nitrogens with one attached hydrogen (secondary N) is 2. The summed E-state index contributed by atoms with van der Waals surface area (Å²) in [5.41, 5.74) is 0.828. The minimum absolute atomic E-state index is 0.103. The molecular formula is C30H28F3N5O5S2. The van der Waals surface area contributed by atoms with Crippen LogP contribution in [0.15, 0.2) is 53.7 Å². The van der Waals surface area contributed by atoms with Gasteiger partial charge in [0.15, 0.2) is 11.0 Å². The van der Waals surface area contributed by atoms with Gasteiger partial charge in [-0.2, -0.15) is 13.2 Å². The number of nitrogens with zero attached hydrogens (tertiary/aromatic N) is 3. The number of hydrogen-bond donors (Lipinski definition) is 2. The number of halogens is 3. The number of carbonyl (C=O) groups is 3. The third kappa shape index (κ3) is 7.31. The van der Waals surface area contributed by atoms with Gasteiger partial charge in [0.25, 0.3) is 5.91 Å². The molecule has 0 atom stereocenters. The van der Waals surface area contributed by atoms with E-state index in [0.29, 0.717) is 21.9 Å². The van der Waals surface area contributed by atoms with Crippen LogP contribution in [-0.4, -0.2) is 52.0 Å². The number of benzene rings is 2. The predicted octanol–water partition coefficient (Wildman–Crippen LogP) is 5.68. The van der Waals surface area contributed by atoms with Crippen molar-refractivity contribution in [1.82, 2.24) is 20.1 Å². The fraction of sp³-hybridized carbons (Fsp3) is 0.300. The van der Waals surface area contributed by atoms with E-state index in [0.717, 1.165) is 53.6 Å². The van der Waals surface area contributed by atoms with Gasteiger partial charge in [0.1, 0.15) is 10.8 Å². The summed E-state index contributed by atoms with van der Waals surface area (Å²) in [6, 6.07) is 11.0. The fourth-order valence-corrected chi connectivity index (χ4v) is 6.86. The summed E-state index contributed by atoms with van der Waals surface area (Å²) in [6.07, 6.45) is -2.14. The summed E-state index contributed by atoms with van der Waals surface area (Å²) in [5.74, 6) is -0.839. The van der Waals surface area contributed by atoms with Gasteiger partial charge in [0, 0.05) is 10.4 Å². The van der Waals surface area contributed by atoms with Crippen LogP contribution in [0.2, 0.25) is 0 Å². The van der Waals surface area contributed by atoms with E-state index in [1.807, 2.05) is 0 Å². The molecular weight excluding hydrogens is 631 g/mol. The fourth-order valence-electron chi connectivity index (χ4n) is 4.80. The molecule has 0 fully saturated rings. The Bertz CT molecular complexity index is 1720. The second kappa shape index (κ2) is 13.7. The van der Waals surface area contributed by atoms with Crippen molar-refractivity contribution >= 4 is 45.9 Å². The van der Waals surface area contributed by atoms with Gasteiger partial charge in [-0.15, -0.1) is 21.5 Å². The molecule has 0 radical (unpaired) electrons. The third-order valence-corrected chi connectivity index (χ3v) is 9.01. The van der Waals surface area contributed by atoms with Crippen molar-refractivity contribution in [2.45, 2.75) is 44.1 Å². The van der Waals surface area contributed by atoms with Gasteiger partial charge in [-0.05, 0) is 74.2 Å². The zero-order chi connectivity index (χ0) is 32.1. The number of esters is 1. The Hall–Kier alpha value is -4.37. The first kappa shape index (κ1) is 32.0. The van der Waals surface area contributed by atoms with E-state index in [2.05, 4.69) is 20.8 Å². The van der Waals surface area contributed by atoms with Crippen molar-refractivity contribution in [3.8, 4) is 11.4 Å². The second-order valence-electron chi connectivity index (χ2n) is 9.81. The first-order valence-corrected chi connectivity index (χ1v) is 15.7. The molecule has 0 bridgehead atoms. The number of amides is 2. The first-order valence-electron chi connectivity index (χ1n) is 13.9. The predicted molar refractivity (Wildman–Crippen MR) is 162 cm³/mol. The van der Waals surface area contributed by atoms with E-state index in [1.54, 1.807) is 31.2 Å². The molecule has 2 aromatic heterocycles. The molecule has 0 aliphatic heterocycles. The molecule has 2 N–H and O–H groups in total. The molecule has 10 nitrogen and oxygen atoms in total. The number of aryl methyl sites for hydroxylation is 1. The van der Waals surface area contributed by atoms with Crippen molar-refractivity contribution in [2.75, 3.05) is 24.8 Å². The van der Waals surface area contributed by atoms with E-state index in [1.165, 1.54) is 35.1 Å². The normalized spacial score (nSPS) is 12.5. The minimum Gasteiger partial charge on any atom is -0.497 e. The Morgan fingerprint density at radius 2 is 1.87 bits per heavy atom. The van der Waals surface area contributed by atoms with E-state index >= 15 is 0 Å².